The third kappa shape index (κ3) is 9.31. The van der Waals surface area contributed by atoms with E-state index in [2.05, 4.69) is 28.9 Å². The van der Waals surface area contributed by atoms with Crippen LogP contribution in [-0.4, -0.2) is 11.2 Å². The zero-order valence-electron chi connectivity index (χ0n) is 13.5. The molecule has 0 aliphatic heterocycles. The van der Waals surface area contributed by atoms with E-state index in [9.17, 15) is 5.11 Å². The number of unbranched alkanes of at least 4 members (excludes halogenated alkanes) is 8. The zero-order chi connectivity index (χ0) is 15.3. The van der Waals surface area contributed by atoms with E-state index in [4.69, 9.17) is 0 Å². The molecule has 1 aromatic carbocycles. The van der Waals surface area contributed by atoms with Crippen molar-refractivity contribution in [3.63, 3.8) is 0 Å². The first-order valence-corrected chi connectivity index (χ1v) is 9.44. The predicted molar refractivity (Wildman–Crippen MR) is 95.7 cm³/mol. The highest BCUT2D eigenvalue weighted by Crippen LogP contribution is 2.19. The standard InChI is InChI=1S/C19H31BrO/c1-2-3-4-5-6-7-8-9-10-14-18(21)16-17-13-11-12-15-19(17)20/h11-13,15,18,21H,2-10,14,16H2,1H3. The Bertz CT molecular complexity index is 364. The molecule has 0 saturated heterocycles. The summed E-state index contributed by atoms with van der Waals surface area (Å²) < 4.78 is 1.11. The number of hydrogen-bond acceptors (Lipinski definition) is 1. The smallest absolute Gasteiger partial charge is 0.0581 e. The zero-order valence-corrected chi connectivity index (χ0v) is 15.1. The second-order valence-corrected chi connectivity index (χ2v) is 6.92. The lowest BCUT2D eigenvalue weighted by atomic mass is 10.0. The van der Waals surface area contributed by atoms with Gasteiger partial charge in [-0.3, -0.25) is 0 Å². The van der Waals surface area contributed by atoms with Gasteiger partial charge in [-0.25, -0.2) is 0 Å². The molecule has 1 atom stereocenters. The highest BCUT2D eigenvalue weighted by molar-refractivity contribution is 9.10. The minimum absolute atomic E-state index is 0.201. The average Bonchev–Trinajstić information content (AvgIpc) is 2.48. The number of benzene rings is 1. The lowest BCUT2D eigenvalue weighted by Crippen LogP contribution is -2.10. The Balaban J connectivity index is 1.99. The summed E-state index contributed by atoms with van der Waals surface area (Å²) >= 11 is 3.54. The number of aliphatic hydroxyl groups excluding tert-OH is 1. The van der Waals surface area contributed by atoms with Gasteiger partial charge < -0.3 is 5.11 Å². The van der Waals surface area contributed by atoms with Crippen molar-refractivity contribution in [2.24, 2.45) is 0 Å². The maximum atomic E-state index is 10.1. The minimum atomic E-state index is -0.201. The van der Waals surface area contributed by atoms with E-state index in [1.807, 2.05) is 18.2 Å². The molecule has 120 valence electrons. The van der Waals surface area contributed by atoms with Crippen molar-refractivity contribution >= 4 is 15.9 Å². The molecular formula is C19H31BrO. The highest BCUT2D eigenvalue weighted by Gasteiger charge is 2.07. The van der Waals surface area contributed by atoms with Crippen molar-refractivity contribution < 1.29 is 5.11 Å². The molecule has 1 unspecified atom stereocenters. The Hall–Kier alpha value is -0.340. The van der Waals surface area contributed by atoms with Gasteiger partial charge >= 0.3 is 0 Å². The van der Waals surface area contributed by atoms with E-state index in [1.54, 1.807) is 0 Å². The fraction of sp³-hybridized carbons (Fsp3) is 0.684. The van der Waals surface area contributed by atoms with E-state index >= 15 is 0 Å². The van der Waals surface area contributed by atoms with E-state index in [0.717, 1.165) is 23.7 Å². The lowest BCUT2D eigenvalue weighted by Gasteiger charge is -2.11. The van der Waals surface area contributed by atoms with Gasteiger partial charge in [-0.05, 0) is 24.5 Å². The molecule has 0 spiro atoms. The van der Waals surface area contributed by atoms with Crippen molar-refractivity contribution in [2.45, 2.75) is 83.7 Å². The summed E-state index contributed by atoms with van der Waals surface area (Å²) in [7, 11) is 0. The molecule has 0 heterocycles. The fourth-order valence-corrected chi connectivity index (χ4v) is 3.16. The first-order chi connectivity index (χ1) is 10.2. The monoisotopic (exact) mass is 354 g/mol. The van der Waals surface area contributed by atoms with Crippen LogP contribution in [0.2, 0.25) is 0 Å². The molecule has 1 nitrogen and oxygen atoms in total. The van der Waals surface area contributed by atoms with Gasteiger partial charge in [-0.1, -0.05) is 98.8 Å². The van der Waals surface area contributed by atoms with Gasteiger partial charge in [0, 0.05) is 4.47 Å². The van der Waals surface area contributed by atoms with Gasteiger partial charge in [0.15, 0.2) is 0 Å². The van der Waals surface area contributed by atoms with Crippen LogP contribution in [0.25, 0.3) is 0 Å². The summed E-state index contributed by atoms with van der Waals surface area (Å²) in [4.78, 5) is 0. The summed E-state index contributed by atoms with van der Waals surface area (Å²) in [6, 6.07) is 8.18. The number of aliphatic hydroxyl groups is 1. The van der Waals surface area contributed by atoms with Crippen molar-refractivity contribution in [1.29, 1.82) is 0 Å². The molecule has 1 aromatic rings. The molecular weight excluding hydrogens is 324 g/mol. The topological polar surface area (TPSA) is 20.2 Å². The van der Waals surface area contributed by atoms with Crippen LogP contribution in [0.1, 0.15) is 76.7 Å². The van der Waals surface area contributed by atoms with Crippen molar-refractivity contribution in [2.75, 3.05) is 0 Å². The van der Waals surface area contributed by atoms with Crippen LogP contribution in [0.4, 0.5) is 0 Å². The Morgan fingerprint density at radius 1 is 0.905 bits per heavy atom. The SMILES string of the molecule is CCCCCCCCCCCC(O)Cc1ccccc1Br. The average molecular weight is 355 g/mol. The van der Waals surface area contributed by atoms with Crippen molar-refractivity contribution in [1.82, 2.24) is 0 Å². The van der Waals surface area contributed by atoms with Gasteiger partial charge in [0.05, 0.1) is 6.10 Å². The minimum Gasteiger partial charge on any atom is -0.393 e. The summed E-state index contributed by atoms with van der Waals surface area (Å²) in [6.07, 6.45) is 13.5. The molecule has 0 aliphatic rings. The molecule has 0 aliphatic carbocycles. The van der Waals surface area contributed by atoms with Gasteiger partial charge in [0.25, 0.3) is 0 Å². The maximum absolute atomic E-state index is 10.1. The molecule has 0 saturated carbocycles. The molecule has 0 amide bonds. The van der Waals surface area contributed by atoms with Crippen LogP contribution in [-0.2, 0) is 6.42 Å². The molecule has 0 fully saturated rings. The normalized spacial score (nSPS) is 12.5. The quantitative estimate of drug-likeness (QED) is 0.438. The van der Waals surface area contributed by atoms with E-state index in [0.29, 0.717) is 0 Å². The molecule has 0 radical (unpaired) electrons. The van der Waals surface area contributed by atoms with E-state index in [1.165, 1.54) is 56.9 Å². The van der Waals surface area contributed by atoms with Gasteiger partial charge in [-0.15, -0.1) is 0 Å². The van der Waals surface area contributed by atoms with Crippen LogP contribution in [0.15, 0.2) is 28.7 Å². The van der Waals surface area contributed by atoms with Crippen LogP contribution in [0, 0.1) is 0 Å². The largest absolute Gasteiger partial charge is 0.393 e. The molecule has 0 aromatic heterocycles. The summed E-state index contributed by atoms with van der Waals surface area (Å²) in [5.41, 5.74) is 1.21. The summed E-state index contributed by atoms with van der Waals surface area (Å²) in [5.74, 6) is 0. The first-order valence-electron chi connectivity index (χ1n) is 8.65. The third-order valence-electron chi connectivity index (χ3n) is 4.05. The number of rotatable bonds is 12. The Morgan fingerprint density at radius 3 is 2.10 bits per heavy atom. The Labute approximate surface area is 139 Å². The predicted octanol–water partition coefficient (Wildman–Crippen LogP) is 6.27. The first kappa shape index (κ1) is 18.7. The number of hydrogen-bond donors (Lipinski definition) is 1. The molecule has 0 bridgehead atoms. The Kier molecular flexibility index (Phi) is 10.9. The fourth-order valence-electron chi connectivity index (χ4n) is 2.71. The molecule has 1 N–H and O–H groups in total. The number of halogens is 1. The van der Waals surface area contributed by atoms with Crippen molar-refractivity contribution in [3.05, 3.63) is 34.3 Å². The molecule has 21 heavy (non-hydrogen) atoms. The lowest BCUT2D eigenvalue weighted by molar-refractivity contribution is 0.160. The molecule has 1 rings (SSSR count). The second-order valence-electron chi connectivity index (χ2n) is 6.07. The maximum Gasteiger partial charge on any atom is 0.0581 e. The molecule has 2 heteroatoms. The van der Waals surface area contributed by atoms with Crippen molar-refractivity contribution in [3.8, 4) is 0 Å². The Morgan fingerprint density at radius 2 is 1.48 bits per heavy atom. The van der Waals surface area contributed by atoms with Crippen LogP contribution in [0.5, 0.6) is 0 Å². The van der Waals surface area contributed by atoms with Crippen LogP contribution in [0.3, 0.4) is 0 Å². The third-order valence-corrected chi connectivity index (χ3v) is 4.83. The van der Waals surface area contributed by atoms with Gasteiger partial charge in [0.1, 0.15) is 0 Å². The van der Waals surface area contributed by atoms with E-state index in [-0.39, 0.29) is 6.10 Å². The van der Waals surface area contributed by atoms with Gasteiger partial charge in [-0.2, -0.15) is 0 Å². The second kappa shape index (κ2) is 12.2. The van der Waals surface area contributed by atoms with E-state index < -0.39 is 0 Å². The van der Waals surface area contributed by atoms with Crippen LogP contribution < -0.4 is 0 Å². The van der Waals surface area contributed by atoms with Gasteiger partial charge in [0.2, 0.25) is 0 Å². The van der Waals surface area contributed by atoms with Crippen LogP contribution >= 0.6 is 15.9 Å². The highest BCUT2D eigenvalue weighted by atomic mass is 79.9. The summed E-state index contributed by atoms with van der Waals surface area (Å²) in [5, 5.41) is 10.1. The summed E-state index contributed by atoms with van der Waals surface area (Å²) in [6.45, 7) is 2.26.